The fourth-order valence-electron chi connectivity index (χ4n) is 3.01. The molecule has 3 aromatic heterocycles. The van der Waals surface area contributed by atoms with Crippen LogP contribution in [0.15, 0.2) is 11.0 Å². The lowest BCUT2D eigenvalue weighted by Crippen LogP contribution is -2.14. The molecule has 4 rings (SSSR count). The molecule has 0 saturated carbocycles. The molecule has 5 nitrogen and oxygen atoms in total. The van der Waals surface area contributed by atoms with Crippen LogP contribution < -0.4 is 5.56 Å². The Balaban J connectivity index is 2.24. The number of aromatic nitrogens is 3. The zero-order valence-electron chi connectivity index (χ0n) is 11.5. The maximum absolute atomic E-state index is 12.5. The van der Waals surface area contributed by atoms with Gasteiger partial charge in [0.05, 0.1) is 11.6 Å². The van der Waals surface area contributed by atoms with Gasteiger partial charge in [-0.3, -0.25) is 4.79 Å². The molecule has 1 aliphatic rings. The predicted molar refractivity (Wildman–Crippen MR) is 80.7 cm³/mol. The van der Waals surface area contributed by atoms with Crippen LogP contribution in [-0.4, -0.2) is 14.6 Å². The molecule has 0 fully saturated rings. The third-order valence-electron chi connectivity index (χ3n) is 4.06. The number of hydrogen-bond acceptors (Lipinski definition) is 5. The SMILES string of the molecule is Cc1cnn2c(nc(=O)c3c4c(sc32)CCCC4)c1C#N. The van der Waals surface area contributed by atoms with Crippen LogP contribution in [0.2, 0.25) is 0 Å². The lowest BCUT2D eigenvalue weighted by Gasteiger charge is -2.09. The molecular formula is C15H12N4OS. The van der Waals surface area contributed by atoms with Gasteiger partial charge in [-0.2, -0.15) is 15.3 Å². The summed E-state index contributed by atoms with van der Waals surface area (Å²) in [5.41, 5.74) is 2.45. The van der Waals surface area contributed by atoms with Crippen LogP contribution in [0.25, 0.3) is 15.9 Å². The van der Waals surface area contributed by atoms with Gasteiger partial charge in [-0.15, -0.1) is 11.3 Å². The first-order chi connectivity index (χ1) is 10.2. The summed E-state index contributed by atoms with van der Waals surface area (Å²) in [6.45, 7) is 1.81. The molecule has 21 heavy (non-hydrogen) atoms. The molecule has 0 saturated heterocycles. The molecule has 0 unspecified atom stereocenters. The van der Waals surface area contributed by atoms with Gasteiger partial charge in [0.1, 0.15) is 16.5 Å². The first-order valence-corrected chi connectivity index (χ1v) is 7.75. The number of aryl methyl sites for hydroxylation is 3. The highest BCUT2D eigenvalue weighted by Gasteiger charge is 2.22. The molecule has 0 N–H and O–H groups in total. The molecule has 0 aromatic carbocycles. The summed E-state index contributed by atoms with van der Waals surface area (Å²) in [7, 11) is 0. The molecule has 0 amide bonds. The Labute approximate surface area is 124 Å². The fraction of sp³-hybridized carbons (Fsp3) is 0.333. The normalized spacial score (nSPS) is 14.3. The Bertz CT molecular complexity index is 993. The smallest absolute Gasteiger partial charge is 0.267 e. The minimum absolute atomic E-state index is 0.228. The van der Waals surface area contributed by atoms with Crippen LogP contribution in [-0.2, 0) is 12.8 Å². The molecule has 0 spiro atoms. The Kier molecular flexibility index (Phi) is 2.59. The predicted octanol–water partition coefficient (Wildman–Crippen LogP) is 2.36. The van der Waals surface area contributed by atoms with Gasteiger partial charge in [0.15, 0.2) is 5.65 Å². The van der Waals surface area contributed by atoms with E-state index < -0.39 is 0 Å². The van der Waals surface area contributed by atoms with Gasteiger partial charge in [-0.05, 0) is 43.7 Å². The quantitative estimate of drug-likeness (QED) is 0.638. The molecular weight excluding hydrogens is 284 g/mol. The minimum Gasteiger partial charge on any atom is -0.267 e. The molecule has 0 bridgehead atoms. The van der Waals surface area contributed by atoms with E-state index >= 15 is 0 Å². The van der Waals surface area contributed by atoms with E-state index in [1.54, 1.807) is 29.0 Å². The van der Waals surface area contributed by atoms with E-state index in [2.05, 4.69) is 16.2 Å². The summed E-state index contributed by atoms with van der Waals surface area (Å²) in [6.07, 6.45) is 5.91. The summed E-state index contributed by atoms with van der Waals surface area (Å²) >= 11 is 1.62. The van der Waals surface area contributed by atoms with Crippen molar-refractivity contribution >= 4 is 27.2 Å². The van der Waals surface area contributed by atoms with Crippen molar-refractivity contribution in [3.8, 4) is 6.07 Å². The number of fused-ring (bicyclic) bond motifs is 5. The average Bonchev–Trinajstić information content (AvgIpc) is 2.87. The van der Waals surface area contributed by atoms with Gasteiger partial charge in [-0.1, -0.05) is 0 Å². The van der Waals surface area contributed by atoms with Crippen LogP contribution >= 0.6 is 11.3 Å². The number of nitriles is 1. The summed E-state index contributed by atoms with van der Waals surface area (Å²) in [4.78, 5) is 18.7. The first kappa shape index (κ1) is 12.5. The molecule has 6 heteroatoms. The van der Waals surface area contributed by atoms with Gasteiger partial charge in [0.2, 0.25) is 0 Å². The highest BCUT2D eigenvalue weighted by molar-refractivity contribution is 7.18. The molecule has 3 aromatic rings. The van der Waals surface area contributed by atoms with Gasteiger partial charge in [-0.25, -0.2) is 4.52 Å². The largest absolute Gasteiger partial charge is 0.282 e. The molecule has 0 aliphatic heterocycles. The van der Waals surface area contributed by atoms with Gasteiger partial charge in [0.25, 0.3) is 5.56 Å². The molecule has 0 atom stereocenters. The van der Waals surface area contributed by atoms with Crippen molar-refractivity contribution in [3.05, 3.63) is 38.1 Å². The Morgan fingerprint density at radius 2 is 2.19 bits per heavy atom. The zero-order chi connectivity index (χ0) is 14.6. The maximum atomic E-state index is 12.5. The van der Waals surface area contributed by atoms with Crippen LogP contribution in [0.3, 0.4) is 0 Å². The minimum atomic E-state index is -0.228. The lowest BCUT2D eigenvalue weighted by atomic mass is 9.97. The van der Waals surface area contributed by atoms with Gasteiger partial charge < -0.3 is 0 Å². The summed E-state index contributed by atoms with van der Waals surface area (Å²) in [6, 6.07) is 2.13. The van der Waals surface area contributed by atoms with E-state index in [1.165, 1.54) is 11.3 Å². The highest BCUT2D eigenvalue weighted by Crippen LogP contribution is 2.34. The second kappa shape index (κ2) is 4.37. The molecule has 3 heterocycles. The number of nitrogens with zero attached hydrogens (tertiary/aromatic N) is 4. The van der Waals surface area contributed by atoms with Crippen molar-refractivity contribution in [3.63, 3.8) is 0 Å². The van der Waals surface area contributed by atoms with Crippen molar-refractivity contribution in [1.82, 2.24) is 14.6 Å². The molecule has 1 aliphatic carbocycles. The van der Waals surface area contributed by atoms with Crippen molar-refractivity contribution in [1.29, 1.82) is 5.26 Å². The second-order valence-corrected chi connectivity index (χ2v) is 6.44. The van der Waals surface area contributed by atoms with Crippen molar-refractivity contribution in [2.24, 2.45) is 0 Å². The van der Waals surface area contributed by atoms with E-state index in [-0.39, 0.29) is 5.56 Å². The van der Waals surface area contributed by atoms with Crippen LogP contribution in [0.5, 0.6) is 0 Å². The Morgan fingerprint density at radius 3 is 3.00 bits per heavy atom. The summed E-state index contributed by atoms with van der Waals surface area (Å²) < 4.78 is 1.66. The van der Waals surface area contributed by atoms with Crippen molar-refractivity contribution in [2.45, 2.75) is 32.6 Å². The van der Waals surface area contributed by atoms with Crippen LogP contribution in [0.4, 0.5) is 0 Å². The van der Waals surface area contributed by atoms with E-state index in [4.69, 9.17) is 0 Å². The summed E-state index contributed by atoms with van der Waals surface area (Å²) in [5.74, 6) is 0. The van der Waals surface area contributed by atoms with Crippen LogP contribution in [0.1, 0.15) is 34.4 Å². The van der Waals surface area contributed by atoms with Crippen LogP contribution in [0, 0.1) is 18.3 Å². The second-order valence-electron chi connectivity index (χ2n) is 5.36. The van der Waals surface area contributed by atoms with Gasteiger partial charge >= 0.3 is 0 Å². The third-order valence-corrected chi connectivity index (χ3v) is 5.33. The van der Waals surface area contributed by atoms with E-state index in [0.717, 1.165) is 35.2 Å². The maximum Gasteiger partial charge on any atom is 0.282 e. The number of thiophene rings is 1. The number of hydrogen-bond donors (Lipinski definition) is 0. The standard InChI is InChI=1S/C15H12N4OS/c1-8-7-17-19-13(10(8)6-16)18-14(20)12-9-4-2-3-5-11(9)21-15(12)19/h7H,2-5H2,1H3. The van der Waals surface area contributed by atoms with Gasteiger partial charge in [0, 0.05) is 4.88 Å². The van der Waals surface area contributed by atoms with Crippen molar-refractivity contribution < 1.29 is 0 Å². The Morgan fingerprint density at radius 1 is 1.38 bits per heavy atom. The first-order valence-electron chi connectivity index (χ1n) is 6.93. The highest BCUT2D eigenvalue weighted by atomic mass is 32.1. The zero-order valence-corrected chi connectivity index (χ0v) is 12.3. The lowest BCUT2D eigenvalue weighted by molar-refractivity contribution is 0.700. The monoisotopic (exact) mass is 296 g/mol. The van der Waals surface area contributed by atoms with E-state index in [9.17, 15) is 10.1 Å². The Hall–Kier alpha value is -2.26. The van der Waals surface area contributed by atoms with E-state index in [1.807, 2.05) is 0 Å². The fourth-order valence-corrected chi connectivity index (χ4v) is 4.35. The molecule has 0 radical (unpaired) electrons. The average molecular weight is 296 g/mol. The number of rotatable bonds is 0. The molecule has 104 valence electrons. The topological polar surface area (TPSA) is 71.1 Å². The summed E-state index contributed by atoms with van der Waals surface area (Å²) in [5, 5.41) is 14.4. The third kappa shape index (κ3) is 1.64. The van der Waals surface area contributed by atoms with E-state index in [0.29, 0.717) is 16.6 Å². The van der Waals surface area contributed by atoms with Crippen molar-refractivity contribution in [2.75, 3.05) is 0 Å².